The van der Waals surface area contributed by atoms with E-state index in [0.717, 1.165) is 5.56 Å². The van der Waals surface area contributed by atoms with Crippen molar-refractivity contribution in [1.29, 1.82) is 0 Å². The smallest absolute Gasteiger partial charge is 0.322 e. The second-order valence-corrected chi connectivity index (χ2v) is 7.35. The van der Waals surface area contributed by atoms with E-state index in [1.54, 1.807) is 18.2 Å². The van der Waals surface area contributed by atoms with Crippen molar-refractivity contribution in [1.82, 2.24) is 4.72 Å². The predicted octanol–water partition coefficient (Wildman–Crippen LogP) is 1.71. The SMILES string of the molecule is C=CCC1OCC[C@H]1C(NS(=O)(=O)c1ccc(C)cc1)C(=O)O. The highest BCUT2D eigenvalue weighted by Crippen LogP contribution is 2.28. The van der Waals surface area contributed by atoms with Gasteiger partial charge in [0.05, 0.1) is 11.0 Å². The lowest BCUT2D eigenvalue weighted by molar-refractivity contribution is -0.141. The molecule has 0 spiro atoms. The van der Waals surface area contributed by atoms with E-state index in [1.807, 2.05) is 6.92 Å². The average molecular weight is 339 g/mol. The van der Waals surface area contributed by atoms with Gasteiger partial charge in [0, 0.05) is 12.5 Å². The van der Waals surface area contributed by atoms with Crippen LogP contribution in [0.3, 0.4) is 0 Å². The number of sulfonamides is 1. The Kier molecular flexibility index (Phi) is 5.56. The predicted molar refractivity (Wildman–Crippen MR) is 85.6 cm³/mol. The lowest BCUT2D eigenvalue weighted by Gasteiger charge is -2.24. The van der Waals surface area contributed by atoms with Crippen LogP contribution in [0.4, 0.5) is 0 Å². The molecule has 0 bridgehead atoms. The highest BCUT2D eigenvalue weighted by molar-refractivity contribution is 7.89. The minimum absolute atomic E-state index is 0.0496. The van der Waals surface area contributed by atoms with Crippen molar-refractivity contribution in [3.63, 3.8) is 0 Å². The summed E-state index contributed by atoms with van der Waals surface area (Å²) in [4.78, 5) is 11.6. The van der Waals surface area contributed by atoms with Crippen molar-refractivity contribution in [2.24, 2.45) is 5.92 Å². The summed E-state index contributed by atoms with van der Waals surface area (Å²) in [5.74, 6) is -1.63. The first-order valence-corrected chi connectivity index (χ1v) is 8.88. The van der Waals surface area contributed by atoms with Gasteiger partial charge >= 0.3 is 5.97 Å². The van der Waals surface area contributed by atoms with E-state index in [0.29, 0.717) is 19.4 Å². The van der Waals surface area contributed by atoms with Crippen LogP contribution >= 0.6 is 0 Å². The zero-order valence-electron chi connectivity index (χ0n) is 12.9. The Morgan fingerprint density at radius 2 is 2.13 bits per heavy atom. The van der Waals surface area contributed by atoms with Gasteiger partial charge in [-0.1, -0.05) is 23.8 Å². The van der Waals surface area contributed by atoms with Crippen LogP contribution in [-0.4, -0.2) is 38.2 Å². The van der Waals surface area contributed by atoms with Gasteiger partial charge in [-0.05, 0) is 31.9 Å². The fourth-order valence-electron chi connectivity index (χ4n) is 2.73. The van der Waals surface area contributed by atoms with Gasteiger partial charge in [0.2, 0.25) is 10.0 Å². The number of carboxylic acid groups (broad SMARTS) is 1. The number of nitrogens with one attached hydrogen (secondary N) is 1. The van der Waals surface area contributed by atoms with Crippen LogP contribution in [0.15, 0.2) is 41.8 Å². The van der Waals surface area contributed by atoms with Gasteiger partial charge < -0.3 is 9.84 Å². The van der Waals surface area contributed by atoms with Crippen molar-refractivity contribution in [3.8, 4) is 0 Å². The maximum absolute atomic E-state index is 12.4. The Labute approximate surface area is 136 Å². The van der Waals surface area contributed by atoms with E-state index < -0.39 is 28.0 Å². The maximum Gasteiger partial charge on any atom is 0.322 e. The second kappa shape index (κ2) is 7.25. The van der Waals surface area contributed by atoms with Crippen molar-refractivity contribution < 1.29 is 23.1 Å². The van der Waals surface area contributed by atoms with E-state index in [4.69, 9.17) is 4.74 Å². The molecule has 23 heavy (non-hydrogen) atoms. The number of carbonyl (C=O) groups is 1. The van der Waals surface area contributed by atoms with E-state index >= 15 is 0 Å². The zero-order valence-corrected chi connectivity index (χ0v) is 13.8. The summed E-state index contributed by atoms with van der Waals surface area (Å²) in [5.41, 5.74) is 0.925. The first-order chi connectivity index (χ1) is 10.8. The van der Waals surface area contributed by atoms with Crippen LogP contribution in [-0.2, 0) is 19.6 Å². The summed E-state index contributed by atoms with van der Waals surface area (Å²) in [6.07, 6.45) is 2.29. The van der Waals surface area contributed by atoms with Gasteiger partial charge in [0.15, 0.2) is 0 Å². The monoisotopic (exact) mass is 339 g/mol. The average Bonchev–Trinajstić information content (AvgIpc) is 2.93. The molecule has 1 heterocycles. The Morgan fingerprint density at radius 1 is 1.48 bits per heavy atom. The Morgan fingerprint density at radius 3 is 2.70 bits per heavy atom. The third kappa shape index (κ3) is 4.19. The Hall–Kier alpha value is -1.70. The molecule has 3 atom stereocenters. The first-order valence-electron chi connectivity index (χ1n) is 7.39. The Balaban J connectivity index is 2.23. The van der Waals surface area contributed by atoms with E-state index in [1.165, 1.54) is 12.1 Å². The van der Waals surface area contributed by atoms with Gasteiger partial charge in [-0.2, -0.15) is 4.72 Å². The van der Waals surface area contributed by atoms with Gasteiger partial charge in [-0.15, -0.1) is 6.58 Å². The molecule has 1 aliphatic heterocycles. The molecule has 7 heteroatoms. The minimum Gasteiger partial charge on any atom is -0.480 e. The highest BCUT2D eigenvalue weighted by atomic mass is 32.2. The van der Waals surface area contributed by atoms with Crippen LogP contribution in [0.2, 0.25) is 0 Å². The van der Waals surface area contributed by atoms with Crippen molar-refractivity contribution in [2.75, 3.05) is 6.61 Å². The molecule has 2 rings (SSSR count). The molecule has 2 N–H and O–H groups in total. The Bertz CT molecular complexity index is 668. The fraction of sp³-hybridized carbons (Fsp3) is 0.438. The summed E-state index contributed by atoms with van der Waals surface area (Å²) >= 11 is 0. The van der Waals surface area contributed by atoms with Crippen LogP contribution < -0.4 is 4.72 Å². The summed E-state index contributed by atoms with van der Waals surface area (Å²) < 4.78 is 32.7. The quantitative estimate of drug-likeness (QED) is 0.738. The lowest BCUT2D eigenvalue weighted by atomic mass is 9.91. The molecule has 1 aliphatic rings. The van der Waals surface area contributed by atoms with E-state index in [-0.39, 0.29) is 11.0 Å². The van der Waals surface area contributed by atoms with E-state index in [2.05, 4.69) is 11.3 Å². The van der Waals surface area contributed by atoms with Gasteiger partial charge in [-0.25, -0.2) is 8.42 Å². The fourth-order valence-corrected chi connectivity index (χ4v) is 3.97. The lowest BCUT2D eigenvalue weighted by Crippen LogP contribution is -2.48. The first kappa shape index (κ1) is 17.7. The summed E-state index contributed by atoms with van der Waals surface area (Å²) in [6, 6.07) is 5.03. The number of carboxylic acids is 1. The van der Waals surface area contributed by atoms with E-state index in [9.17, 15) is 18.3 Å². The molecule has 1 aromatic rings. The third-order valence-corrected chi connectivity index (χ3v) is 5.42. The number of ether oxygens (including phenoxy) is 1. The summed E-state index contributed by atoms with van der Waals surface area (Å²) in [7, 11) is -3.91. The standard InChI is InChI=1S/C16H21NO5S/c1-3-4-14-13(9-10-22-14)15(16(18)19)17-23(20,21)12-7-5-11(2)6-8-12/h3,5-8,13-15,17H,1,4,9-10H2,2H3,(H,18,19)/t13-,14?,15?/m1/s1. The van der Waals surface area contributed by atoms with Crippen LogP contribution in [0.25, 0.3) is 0 Å². The van der Waals surface area contributed by atoms with Crippen molar-refractivity contribution in [2.45, 2.75) is 36.8 Å². The maximum atomic E-state index is 12.4. The van der Waals surface area contributed by atoms with Gasteiger partial charge in [0.1, 0.15) is 6.04 Å². The molecule has 126 valence electrons. The molecule has 0 aromatic heterocycles. The molecule has 6 nitrogen and oxygen atoms in total. The number of rotatable bonds is 7. The largest absolute Gasteiger partial charge is 0.480 e. The van der Waals surface area contributed by atoms with Gasteiger partial charge in [-0.3, -0.25) is 4.79 Å². The molecule has 2 unspecified atom stereocenters. The normalized spacial score (nSPS) is 22.7. The summed E-state index contributed by atoms with van der Waals surface area (Å²) in [5, 5.41) is 9.47. The topological polar surface area (TPSA) is 92.7 Å². The molecular weight excluding hydrogens is 318 g/mol. The van der Waals surface area contributed by atoms with Crippen LogP contribution in [0, 0.1) is 12.8 Å². The van der Waals surface area contributed by atoms with Crippen molar-refractivity contribution in [3.05, 3.63) is 42.5 Å². The summed E-state index contributed by atoms with van der Waals surface area (Å²) in [6.45, 7) is 5.89. The van der Waals surface area contributed by atoms with Gasteiger partial charge in [0.25, 0.3) is 0 Å². The van der Waals surface area contributed by atoms with Crippen LogP contribution in [0.5, 0.6) is 0 Å². The molecule has 0 amide bonds. The second-order valence-electron chi connectivity index (χ2n) is 5.64. The molecule has 0 aliphatic carbocycles. The molecule has 0 saturated carbocycles. The molecule has 0 radical (unpaired) electrons. The van der Waals surface area contributed by atoms with Crippen molar-refractivity contribution >= 4 is 16.0 Å². The van der Waals surface area contributed by atoms with Crippen LogP contribution in [0.1, 0.15) is 18.4 Å². The zero-order chi connectivity index (χ0) is 17.0. The third-order valence-electron chi connectivity index (χ3n) is 3.97. The molecule has 1 saturated heterocycles. The minimum atomic E-state index is -3.91. The molecule has 1 fully saturated rings. The molecular formula is C16H21NO5S. The number of hydrogen-bond donors (Lipinski definition) is 2. The number of hydrogen-bond acceptors (Lipinski definition) is 4. The number of aliphatic carboxylic acids is 1. The highest BCUT2D eigenvalue weighted by Gasteiger charge is 2.40. The number of aryl methyl sites for hydroxylation is 1. The molecule has 1 aromatic carbocycles. The number of benzene rings is 1.